The maximum atomic E-state index is 11.8. The maximum Gasteiger partial charge on any atom is 0.173 e. The molecule has 120 valence electrons. The molecule has 0 unspecified atom stereocenters. The summed E-state index contributed by atoms with van der Waals surface area (Å²) in [5.41, 5.74) is 9.16. The summed E-state index contributed by atoms with van der Waals surface area (Å²) >= 11 is 1.59. The predicted molar refractivity (Wildman–Crippen MR) is 94.1 cm³/mol. The molecule has 0 amide bonds. The van der Waals surface area contributed by atoms with E-state index in [1.54, 1.807) is 18.7 Å². The van der Waals surface area contributed by atoms with Crippen LogP contribution in [-0.4, -0.2) is 35.5 Å². The first-order chi connectivity index (χ1) is 11.1. The van der Waals surface area contributed by atoms with Gasteiger partial charge in [-0.2, -0.15) is 0 Å². The number of Topliss-reactive ketones (excluding diaryl/α,β-unsaturated/α-hetero) is 1. The summed E-state index contributed by atoms with van der Waals surface area (Å²) in [5.74, 6) is 0.880. The zero-order valence-electron chi connectivity index (χ0n) is 13.2. The van der Waals surface area contributed by atoms with Gasteiger partial charge in [0.1, 0.15) is 12.4 Å². The number of carbonyl (C=O) groups excluding carboxylic acids is 1. The largest absolute Gasteiger partial charge is 0.492 e. The Kier molecular flexibility index (Phi) is 4.54. The molecular formula is C17H19N3O2S. The molecule has 2 heterocycles. The number of fused-ring (bicyclic) bond motifs is 1. The molecular weight excluding hydrogens is 310 g/mol. The topological polar surface area (TPSA) is 67.9 Å². The Balaban J connectivity index is 1.81. The van der Waals surface area contributed by atoms with Gasteiger partial charge in [0.05, 0.1) is 12.2 Å². The molecule has 0 bridgehead atoms. The van der Waals surface area contributed by atoms with Crippen LogP contribution in [0.25, 0.3) is 5.70 Å². The summed E-state index contributed by atoms with van der Waals surface area (Å²) in [6.45, 7) is 5.06. The van der Waals surface area contributed by atoms with Gasteiger partial charge in [-0.25, -0.2) is 4.99 Å². The number of aliphatic imine (C=N–C) groups is 1. The lowest BCUT2D eigenvalue weighted by atomic mass is 10.1. The number of amidine groups is 1. The third-order valence-electron chi connectivity index (χ3n) is 3.78. The zero-order valence-corrected chi connectivity index (χ0v) is 14.0. The van der Waals surface area contributed by atoms with Gasteiger partial charge in [-0.05, 0) is 43.7 Å². The molecule has 0 fully saturated rings. The summed E-state index contributed by atoms with van der Waals surface area (Å²) in [4.78, 5) is 18.4. The van der Waals surface area contributed by atoms with Crippen LogP contribution < -0.4 is 10.5 Å². The standard InChI is InChI=1S/C17H19N3O2S/c1-11-15(12(2)21)9-20-16(10-23-17(20)19-11)13-3-5-14(6-4-13)22-8-7-18/h3-6,10H,7-9,18H2,1-2H3. The van der Waals surface area contributed by atoms with Crippen LogP contribution >= 0.6 is 11.8 Å². The summed E-state index contributed by atoms with van der Waals surface area (Å²) in [5, 5.41) is 3.00. The van der Waals surface area contributed by atoms with Gasteiger partial charge in [0.15, 0.2) is 11.0 Å². The number of thioether (sulfide) groups is 1. The highest BCUT2D eigenvalue weighted by atomic mass is 32.2. The molecule has 2 aliphatic heterocycles. The fourth-order valence-electron chi connectivity index (χ4n) is 2.55. The van der Waals surface area contributed by atoms with Crippen LogP contribution in [-0.2, 0) is 4.79 Å². The number of carbonyl (C=O) groups is 1. The van der Waals surface area contributed by atoms with Gasteiger partial charge < -0.3 is 15.4 Å². The Morgan fingerprint density at radius 3 is 2.78 bits per heavy atom. The van der Waals surface area contributed by atoms with Gasteiger partial charge in [0, 0.05) is 23.2 Å². The van der Waals surface area contributed by atoms with Crippen molar-refractivity contribution in [2.45, 2.75) is 13.8 Å². The van der Waals surface area contributed by atoms with Crippen LogP contribution in [0.15, 0.2) is 45.9 Å². The Bertz CT molecular complexity index is 720. The van der Waals surface area contributed by atoms with Gasteiger partial charge in [-0.3, -0.25) is 4.79 Å². The van der Waals surface area contributed by atoms with E-state index in [1.165, 1.54) is 0 Å². The Labute approximate surface area is 139 Å². The number of nitrogens with zero attached hydrogens (tertiary/aromatic N) is 2. The van der Waals surface area contributed by atoms with Crippen molar-refractivity contribution in [3.8, 4) is 5.75 Å². The van der Waals surface area contributed by atoms with Crippen molar-refractivity contribution in [1.82, 2.24) is 4.90 Å². The van der Waals surface area contributed by atoms with Gasteiger partial charge >= 0.3 is 0 Å². The number of ether oxygens (including phenoxy) is 1. The van der Waals surface area contributed by atoms with Crippen molar-refractivity contribution in [1.29, 1.82) is 0 Å². The second-order valence-corrected chi connectivity index (χ2v) is 6.22. The predicted octanol–water partition coefficient (Wildman–Crippen LogP) is 2.60. The van der Waals surface area contributed by atoms with Gasteiger partial charge in [-0.15, -0.1) is 0 Å². The molecule has 0 spiro atoms. The molecule has 0 saturated carbocycles. The molecule has 0 aromatic heterocycles. The maximum absolute atomic E-state index is 11.8. The first-order valence-corrected chi connectivity index (χ1v) is 8.35. The van der Waals surface area contributed by atoms with E-state index in [0.717, 1.165) is 33.4 Å². The average molecular weight is 329 g/mol. The van der Waals surface area contributed by atoms with Crippen LogP contribution in [0.1, 0.15) is 19.4 Å². The molecule has 23 heavy (non-hydrogen) atoms. The summed E-state index contributed by atoms with van der Waals surface area (Å²) in [6, 6.07) is 7.89. The molecule has 1 aromatic rings. The molecule has 6 heteroatoms. The van der Waals surface area contributed by atoms with E-state index >= 15 is 0 Å². The number of ketones is 1. The minimum Gasteiger partial charge on any atom is -0.492 e. The second kappa shape index (κ2) is 6.60. The van der Waals surface area contributed by atoms with Crippen LogP contribution in [0.4, 0.5) is 0 Å². The molecule has 0 radical (unpaired) electrons. The summed E-state index contributed by atoms with van der Waals surface area (Å²) in [7, 11) is 0. The second-order valence-electron chi connectivity index (χ2n) is 5.38. The van der Waals surface area contributed by atoms with Crippen molar-refractivity contribution in [3.63, 3.8) is 0 Å². The van der Waals surface area contributed by atoms with Gasteiger partial charge in [0.25, 0.3) is 0 Å². The van der Waals surface area contributed by atoms with Crippen LogP contribution in [0.2, 0.25) is 0 Å². The average Bonchev–Trinajstić information content (AvgIpc) is 2.95. The fraction of sp³-hybridized carbons (Fsp3) is 0.294. The number of hydrogen-bond donors (Lipinski definition) is 1. The molecule has 5 nitrogen and oxygen atoms in total. The number of hydrogen-bond acceptors (Lipinski definition) is 6. The molecule has 0 aliphatic carbocycles. The normalized spacial score (nSPS) is 16.9. The minimum absolute atomic E-state index is 0.0760. The monoisotopic (exact) mass is 329 g/mol. The Hall–Kier alpha value is -2.05. The van der Waals surface area contributed by atoms with Crippen molar-refractivity contribution >= 4 is 28.4 Å². The van der Waals surface area contributed by atoms with Crippen LogP contribution in [0.5, 0.6) is 5.75 Å². The number of nitrogens with two attached hydrogens (primary N) is 1. The number of benzene rings is 1. The van der Waals surface area contributed by atoms with Crippen molar-refractivity contribution in [2.24, 2.45) is 10.7 Å². The highest BCUT2D eigenvalue weighted by Crippen LogP contribution is 2.37. The van der Waals surface area contributed by atoms with Crippen molar-refractivity contribution in [3.05, 3.63) is 46.5 Å². The smallest absolute Gasteiger partial charge is 0.173 e. The van der Waals surface area contributed by atoms with Crippen LogP contribution in [0, 0.1) is 0 Å². The highest BCUT2D eigenvalue weighted by Gasteiger charge is 2.29. The number of allylic oxidation sites excluding steroid dienone is 1. The summed E-state index contributed by atoms with van der Waals surface area (Å²) in [6.07, 6.45) is 0. The fourth-order valence-corrected chi connectivity index (χ4v) is 3.51. The van der Waals surface area contributed by atoms with E-state index in [9.17, 15) is 4.79 Å². The SMILES string of the molecule is CC(=O)C1=C(C)N=C2SC=C(c3ccc(OCCN)cc3)N2C1. The van der Waals surface area contributed by atoms with Crippen molar-refractivity contribution in [2.75, 3.05) is 19.7 Å². The summed E-state index contributed by atoms with van der Waals surface area (Å²) < 4.78 is 5.50. The quantitative estimate of drug-likeness (QED) is 0.899. The van der Waals surface area contributed by atoms with Crippen molar-refractivity contribution < 1.29 is 9.53 Å². The zero-order chi connectivity index (χ0) is 16.4. The van der Waals surface area contributed by atoms with Gasteiger partial charge in [-0.1, -0.05) is 11.8 Å². The lowest BCUT2D eigenvalue weighted by Gasteiger charge is -2.27. The first kappa shape index (κ1) is 15.8. The lowest BCUT2D eigenvalue weighted by molar-refractivity contribution is -0.113. The molecule has 3 rings (SSSR count). The first-order valence-electron chi connectivity index (χ1n) is 7.47. The third-order valence-corrected chi connectivity index (χ3v) is 4.64. The minimum atomic E-state index is 0.0760. The van der Waals surface area contributed by atoms with E-state index in [-0.39, 0.29) is 5.78 Å². The molecule has 2 aliphatic rings. The van der Waals surface area contributed by atoms with Gasteiger partial charge in [0.2, 0.25) is 0 Å². The van der Waals surface area contributed by atoms with E-state index in [1.807, 2.05) is 31.2 Å². The van der Waals surface area contributed by atoms with Crippen LogP contribution in [0.3, 0.4) is 0 Å². The number of rotatable bonds is 5. The van der Waals surface area contributed by atoms with E-state index in [2.05, 4.69) is 15.3 Å². The Morgan fingerprint density at radius 1 is 1.39 bits per heavy atom. The molecule has 0 atom stereocenters. The lowest BCUT2D eigenvalue weighted by Crippen LogP contribution is -2.31. The third kappa shape index (κ3) is 3.18. The Morgan fingerprint density at radius 2 is 2.13 bits per heavy atom. The van der Waals surface area contributed by atoms with E-state index < -0.39 is 0 Å². The molecule has 2 N–H and O–H groups in total. The molecule has 1 aromatic carbocycles. The van der Waals surface area contributed by atoms with E-state index in [4.69, 9.17) is 10.5 Å². The molecule has 0 saturated heterocycles. The van der Waals surface area contributed by atoms with E-state index in [0.29, 0.717) is 19.7 Å². The highest BCUT2D eigenvalue weighted by molar-refractivity contribution is 8.16.